The summed E-state index contributed by atoms with van der Waals surface area (Å²) >= 11 is 0. The minimum atomic E-state index is -0.660. The van der Waals surface area contributed by atoms with E-state index < -0.39 is 10.7 Å². The first-order valence-electron chi connectivity index (χ1n) is 5.89. The van der Waals surface area contributed by atoms with Crippen LogP contribution in [-0.2, 0) is 0 Å². The van der Waals surface area contributed by atoms with Crippen molar-refractivity contribution in [2.75, 3.05) is 39.2 Å². The standard InChI is InChI=1S/C12H18FN3O3/c1-14-5-4-6-15(2)10-8-12(19-3)11(16(17)18)7-9(10)13/h7-8,14H,4-6H2,1-3H3. The van der Waals surface area contributed by atoms with Crippen LogP contribution in [0.2, 0.25) is 0 Å². The Morgan fingerprint density at radius 3 is 2.74 bits per heavy atom. The Bertz CT molecular complexity index is 454. The molecule has 1 aromatic rings. The molecule has 0 saturated heterocycles. The average Bonchev–Trinajstić information content (AvgIpc) is 2.38. The molecular weight excluding hydrogens is 253 g/mol. The van der Waals surface area contributed by atoms with Crippen LogP contribution in [0.5, 0.6) is 5.75 Å². The Labute approximate surface area is 111 Å². The highest BCUT2D eigenvalue weighted by molar-refractivity contribution is 5.60. The Balaban J connectivity index is 2.98. The molecule has 0 aliphatic carbocycles. The normalized spacial score (nSPS) is 10.3. The first-order chi connectivity index (χ1) is 9.01. The molecule has 1 N–H and O–H groups in total. The molecule has 19 heavy (non-hydrogen) atoms. The van der Waals surface area contributed by atoms with E-state index in [2.05, 4.69) is 5.32 Å². The van der Waals surface area contributed by atoms with Crippen molar-refractivity contribution in [3.8, 4) is 5.75 Å². The Kier molecular flexibility index (Phi) is 5.50. The molecule has 106 valence electrons. The van der Waals surface area contributed by atoms with Crippen molar-refractivity contribution < 1.29 is 14.1 Å². The van der Waals surface area contributed by atoms with E-state index in [4.69, 9.17) is 4.74 Å². The van der Waals surface area contributed by atoms with Crippen molar-refractivity contribution >= 4 is 11.4 Å². The molecule has 0 heterocycles. The third-order valence-corrected chi connectivity index (χ3v) is 2.78. The topological polar surface area (TPSA) is 67.6 Å². The summed E-state index contributed by atoms with van der Waals surface area (Å²) in [6.45, 7) is 1.45. The highest BCUT2D eigenvalue weighted by Crippen LogP contribution is 2.33. The van der Waals surface area contributed by atoms with E-state index in [1.54, 1.807) is 11.9 Å². The highest BCUT2D eigenvalue weighted by atomic mass is 19.1. The molecule has 7 heteroatoms. The van der Waals surface area contributed by atoms with Gasteiger partial charge in [-0.05, 0) is 20.0 Å². The van der Waals surface area contributed by atoms with Crippen LogP contribution in [0.25, 0.3) is 0 Å². The summed E-state index contributed by atoms with van der Waals surface area (Å²) in [5.74, 6) is -0.568. The first kappa shape index (κ1) is 15.2. The van der Waals surface area contributed by atoms with Crippen LogP contribution in [0.4, 0.5) is 15.8 Å². The molecule has 0 spiro atoms. The lowest BCUT2D eigenvalue weighted by atomic mass is 10.2. The molecule has 0 saturated carbocycles. The van der Waals surface area contributed by atoms with Gasteiger partial charge in [0.25, 0.3) is 0 Å². The minimum Gasteiger partial charge on any atom is -0.490 e. The predicted octanol–water partition coefficient (Wildman–Crippen LogP) is 1.79. The van der Waals surface area contributed by atoms with E-state index in [9.17, 15) is 14.5 Å². The van der Waals surface area contributed by atoms with Crippen LogP contribution in [-0.4, -0.2) is 39.2 Å². The van der Waals surface area contributed by atoms with Gasteiger partial charge in [0.15, 0.2) is 11.6 Å². The predicted molar refractivity (Wildman–Crippen MR) is 71.4 cm³/mol. The van der Waals surface area contributed by atoms with Crippen molar-refractivity contribution in [1.82, 2.24) is 5.32 Å². The lowest BCUT2D eigenvalue weighted by Gasteiger charge is -2.20. The van der Waals surface area contributed by atoms with Gasteiger partial charge in [0.2, 0.25) is 0 Å². The van der Waals surface area contributed by atoms with E-state index in [1.807, 2.05) is 7.05 Å². The van der Waals surface area contributed by atoms with Crippen molar-refractivity contribution in [3.05, 3.63) is 28.1 Å². The van der Waals surface area contributed by atoms with Crippen molar-refractivity contribution in [3.63, 3.8) is 0 Å². The molecule has 0 amide bonds. The van der Waals surface area contributed by atoms with Crippen LogP contribution in [0, 0.1) is 15.9 Å². The van der Waals surface area contributed by atoms with Gasteiger partial charge in [0, 0.05) is 19.7 Å². The van der Waals surface area contributed by atoms with Gasteiger partial charge in [-0.1, -0.05) is 0 Å². The van der Waals surface area contributed by atoms with Gasteiger partial charge in [-0.2, -0.15) is 0 Å². The van der Waals surface area contributed by atoms with E-state index in [0.717, 1.165) is 19.0 Å². The number of halogens is 1. The molecule has 6 nitrogen and oxygen atoms in total. The number of hydrogen-bond acceptors (Lipinski definition) is 5. The van der Waals surface area contributed by atoms with Gasteiger partial charge >= 0.3 is 5.69 Å². The average molecular weight is 271 g/mol. The third kappa shape index (κ3) is 3.78. The smallest absolute Gasteiger partial charge is 0.313 e. The molecule has 0 unspecified atom stereocenters. The molecule has 1 aromatic carbocycles. The van der Waals surface area contributed by atoms with E-state index in [1.165, 1.54) is 13.2 Å². The second-order valence-corrected chi connectivity index (χ2v) is 4.11. The maximum absolute atomic E-state index is 13.9. The number of nitrogens with zero attached hydrogens (tertiary/aromatic N) is 2. The largest absolute Gasteiger partial charge is 0.490 e. The fourth-order valence-electron chi connectivity index (χ4n) is 1.74. The number of rotatable bonds is 7. The van der Waals surface area contributed by atoms with Gasteiger partial charge in [-0.15, -0.1) is 0 Å². The Morgan fingerprint density at radius 1 is 1.53 bits per heavy atom. The maximum Gasteiger partial charge on any atom is 0.313 e. The summed E-state index contributed by atoms with van der Waals surface area (Å²) in [7, 11) is 4.90. The fraction of sp³-hybridized carbons (Fsp3) is 0.500. The Morgan fingerprint density at radius 2 is 2.21 bits per heavy atom. The van der Waals surface area contributed by atoms with Gasteiger partial charge < -0.3 is 15.0 Å². The van der Waals surface area contributed by atoms with Gasteiger partial charge in [-0.25, -0.2) is 4.39 Å². The second-order valence-electron chi connectivity index (χ2n) is 4.11. The summed E-state index contributed by atoms with van der Waals surface area (Å²) in [5.41, 5.74) is -0.0778. The molecule has 0 bridgehead atoms. The molecule has 0 atom stereocenters. The summed E-state index contributed by atoms with van der Waals surface area (Å²) in [6, 6.07) is 2.25. The van der Waals surface area contributed by atoms with Crippen LogP contribution < -0.4 is 15.0 Å². The van der Waals surface area contributed by atoms with E-state index in [0.29, 0.717) is 12.2 Å². The number of nitrogens with one attached hydrogen (secondary N) is 1. The summed E-state index contributed by atoms with van der Waals surface area (Å²) in [6.07, 6.45) is 0.839. The van der Waals surface area contributed by atoms with E-state index >= 15 is 0 Å². The number of nitro benzene ring substituents is 1. The van der Waals surface area contributed by atoms with Crippen LogP contribution in [0.15, 0.2) is 12.1 Å². The number of nitro groups is 1. The van der Waals surface area contributed by atoms with Gasteiger partial charge in [0.05, 0.1) is 23.8 Å². The number of ether oxygens (including phenoxy) is 1. The Hall–Kier alpha value is -1.89. The lowest BCUT2D eigenvalue weighted by molar-refractivity contribution is -0.385. The summed E-state index contributed by atoms with van der Waals surface area (Å²) < 4.78 is 18.8. The zero-order chi connectivity index (χ0) is 14.4. The monoisotopic (exact) mass is 271 g/mol. The lowest BCUT2D eigenvalue weighted by Crippen LogP contribution is -2.23. The zero-order valence-electron chi connectivity index (χ0n) is 11.3. The SMILES string of the molecule is CNCCCN(C)c1cc(OC)c([N+](=O)[O-])cc1F. The second kappa shape index (κ2) is 6.89. The molecule has 0 aliphatic heterocycles. The van der Waals surface area contributed by atoms with Gasteiger partial charge in [0.1, 0.15) is 0 Å². The number of anilines is 1. The quantitative estimate of drug-likeness (QED) is 0.465. The molecule has 1 rings (SSSR count). The first-order valence-corrected chi connectivity index (χ1v) is 5.89. The minimum absolute atomic E-state index is 0.0573. The number of benzene rings is 1. The highest BCUT2D eigenvalue weighted by Gasteiger charge is 2.20. The number of hydrogen-bond donors (Lipinski definition) is 1. The number of methoxy groups -OCH3 is 1. The zero-order valence-corrected chi connectivity index (χ0v) is 11.3. The van der Waals surface area contributed by atoms with Gasteiger partial charge in [-0.3, -0.25) is 10.1 Å². The molecule has 0 aliphatic rings. The van der Waals surface area contributed by atoms with Crippen LogP contribution >= 0.6 is 0 Å². The fourth-order valence-corrected chi connectivity index (χ4v) is 1.74. The van der Waals surface area contributed by atoms with Crippen molar-refractivity contribution in [2.24, 2.45) is 0 Å². The molecule has 0 aromatic heterocycles. The third-order valence-electron chi connectivity index (χ3n) is 2.78. The van der Waals surface area contributed by atoms with Crippen LogP contribution in [0.1, 0.15) is 6.42 Å². The van der Waals surface area contributed by atoms with Crippen molar-refractivity contribution in [1.29, 1.82) is 0 Å². The molecule has 0 fully saturated rings. The summed E-state index contributed by atoms with van der Waals surface area (Å²) in [4.78, 5) is 11.8. The molecule has 0 radical (unpaired) electrons. The summed E-state index contributed by atoms with van der Waals surface area (Å²) in [5, 5.41) is 13.8. The maximum atomic E-state index is 13.9. The van der Waals surface area contributed by atoms with Crippen molar-refractivity contribution in [2.45, 2.75) is 6.42 Å². The molecular formula is C12H18FN3O3. The van der Waals surface area contributed by atoms with Crippen LogP contribution in [0.3, 0.4) is 0 Å². The van der Waals surface area contributed by atoms with E-state index in [-0.39, 0.29) is 11.4 Å².